The second-order valence-electron chi connectivity index (χ2n) is 6.56. The van der Waals surface area contributed by atoms with Gasteiger partial charge in [-0.25, -0.2) is 0 Å². The minimum atomic E-state index is -0.126. The first-order valence-electron chi connectivity index (χ1n) is 8.49. The van der Waals surface area contributed by atoms with Crippen LogP contribution in [0.1, 0.15) is 41.1 Å². The van der Waals surface area contributed by atoms with Crippen molar-refractivity contribution in [1.82, 2.24) is 10.6 Å². The molecule has 3 nitrogen and oxygen atoms in total. The quantitative estimate of drug-likeness (QED) is 0.896. The molecule has 2 atom stereocenters. The van der Waals surface area contributed by atoms with Crippen molar-refractivity contribution in [3.63, 3.8) is 0 Å². The van der Waals surface area contributed by atoms with E-state index in [1.165, 1.54) is 22.3 Å². The van der Waals surface area contributed by atoms with E-state index in [2.05, 4.69) is 59.2 Å². The Balaban J connectivity index is 1.47. The lowest BCUT2D eigenvalue weighted by Gasteiger charge is -2.30. The fourth-order valence-electron chi connectivity index (χ4n) is 3.82. The molecule has 2 aromatic carbocycles. The normalized spacial score (nSPS) is 22.8. The number of carbonyl (C=O) groups excluding carboxylic acids is 1. The van der Waals surface area contributed by atoms with Crippen molar-refractivity contribution in [2.24, 2.45) is 0 Å². The van der Waals surface area contributed by atoms with E-state index < -0.39 is 0 Å². The standard InChI is InChI=1S/C20H22N2O/c23-20(19-12-15-7-1-2-8-16(15)13-21-19)22-18-11-5-9-14-6-3-4-10-17(14)18/h1-4,6-8,10,18-19,21H,5,9,11-13H2,(H,22,23)/t18-,19?/m0/s1. The third-order valence-corrected chi connectivity index (χ3v) is 5.08. The number of benzene rings is 2. The molecule has 1 aliphatic carbocycles. The van der Waals surface area contributed by atoms with E-state index in [4.69, 9.17) is 0 Å². The van der Waals surface area contributed by atoms with Crippen LogP contribution in [0.2, 0.25) is 0 Å². The van der Waals surface area contributed by atoms with Gasteiger partial charge in [0.1, 0.15) is 0 Å². The lowest BCUT2D eigenvalue weighted by Crippen LogP contribution is -2.48. The van der Waals surface area contributed by atoms with Gasteiger partial charge in [0.2, 0.25) is 5.91 Å². The smallest absolute Gasteiger partial charge is 0.237 e. The Hall–Kier alpha value is -2.13. The number of hydrogen-bond acceptors (Lipinski definition) is 2. The van der Waals surface area contributed by atoms with E-state index in [-0.39, 0.29) is 18.0 Å². The Morgan fingerprint density at radius 2 is 1.74 bits per heavy atom. The lowest BCUT2D eigenvalue weighted by molar-refractivity contribution is -0.124. The molecule has 1 heterocycles. The van der Waals surface area contributed by atoms with E-state index >= 15 is 0 Å². The van der Waals surface area contributed by atoms with Gasteiger partial charge < -0.3 is 10.6 Å². The van der Waals surface area contributed by atoms with Gasteiger partial charge in [0.15, 0.2) is 0 Å². The molecule has 1 unspecified atom stereocenters. The molecule has 0 spiro atoms. The number of aryl methyl sites for hydroxylation is 1. The third-order valence-electron chi connectivity index (χ3n) is 5.08. The van der Waals surface area contributed by atoms with E-state index in [1.54, 1.807) is 0 Å². The molecule has 0 bridgehead atoms. The number of fused-ring (bicyclic) bond motifs is 2. The molecular formula is C20H22N2O. The van der Waals surface area contributed by atoms with Crippen molar-refractivity contribution in [2.45, 2.75) is 44.3 Å². The summed E-state index contributed by atoms with van der Waals surface area (Å²) in [6.45, 7) is 0.773. The maximum atomic E-state index is 12.7. The van der Waals surface area contributed by atoms with Gasteiger partial charge >= 0.3 is 0 Å². The highest BCUT2D eigenvalue weighted by molar-refractivity contribution is 5.83. The van der Waals surface area contributed by atoms with Crippen LogP contribution in [0.3, 0.4) is 0 Å². The minimum absolute atomic E-state index is 0.126. The molecule has 23 heavy (non-hydrogen) atoms. The molecule has 0 saturated carbocycles. The summed E-state index contributed by atoms with van der Waals surface area (Å²) in [5, 5.41) is 6.65. The summed E-state index contributed by atoms with van der Waals surface area (Å²) in [7, 11) is 0. The Morgan fingerprint density at radius 1 is 1.00 bits per heavy atom. The summed E-state index contributed by atoms with van der Waals surface area (Å²) in [4.78, 5) is 12.7. The topological polar surface area (TPSA) is 41.1 Å². The predicted molar refractivity (Wildman–Crippen MR) is 91.0 cm³/mol. The van der Waals surface area contributed by atoms with Gasteiger partial charge in [0, 0.05) is 6.54 Å². The summed E-state index contributed by atoms with van der Waals surface area (Å²) < 4.78 is 0. The molecule has 0 fully saturated rings. The number of nitrogens with one attached hydrogen (secondary N) is 2. The monoisotopic (exact) mass is 306 g/mol. The molecule has 2 aromatic rings. The van der Waals surface area contributed by atoms with Crippen LogP contribution in [-0.2, 0) is 24.2 Å². The van der Waals surface area contributed by atoms with Gasteiger partial charge in [0.05, 0.1) is 12.1 Å². The molecule has 1 amide bonds. The van der Waals surface area contributed by atoms with Crippen molar-refractivity contribution in [2.75, 3.05) is 0 Å². The number of carbonyl (C=O) groups is 1. The largest absolute Gasteiger partial charge is 0.348 e. The number of rotatable bonds is 2. The Morgan fingerprint density at radius 3 is 2.61 bits per heavy atom. The van der Waals surface area contributed by atoms with E-state index in [9.17, 15) is 4.79 Å². The zero-order chi connectivity index (χ0) is 15.6. The highest BCUT2D eigenvalue weighted by Crippen LogP contribution is 2.29. The zero-order valence-electron chi connectivity index (χ0n) is 13.2. The molecular weight excluding hydrogens is 284 g/mol. The first kappa shape index (κ1) is 14.5. The van der Waals surface area contributed by atoms with Crippen molar-refractivity contribution in [3.8, 4) is 0 Å². The number of amides is 1. The average molecular weight is 306 g/mol. The van der Waals surface area contributed by atoms with Crippen LogP contribution < -0.4 is 10.6 Å². The second kappa shape index (κ2) is 6.17. The van der Waals surface area contributed by atoms with Crippen molar-refractivity contribution >= 4 is 5.91 Å². The van der Waals surface area contributed by atoms with Gasteiger partial charge in [-0.1, -0.05) is 48.5 Å². The Kier molecular flexibility index (Phi) is 3.88. The highest BCUT2D eigenvalue weighted by atomic mass is 16.2. The molecule has 1 aliphatic heterocycles. The second-order valence-corrected chi connectivity index (χ2v) is 6.56. The molecule has 0 saturated heterocycles. The Bertz CT molecular complexity index is 725. The SMILES string of the molecule is O=C(N[C@H]1CCCc2ccccc21)C1Cc2ccccc2CN1. The summed E-state index contributed by atoms with van der Waals surface area (Å²) in [6.07, 6.45) is 4.07. The predicted octanol–water partition coefficient (Wildman–Crippen LogP) is 2.89. The molecule has 3 heteroatoms. The third kappa shape index (κ3) is 2.89. The van der Waals surface area contributed by atoms with E-state index in [0.717, 1.165) is 32.2 Å². The van der Waals surface area contributed by atoms with Gasteiger partial charge in [-0.05, 0) is 47.9 Å². The van der Waals surface area contributed by atoms with Gasteiger partial charge in [-0.3, -0.25) is 4.79 Å². The highest BCUT2D eigenvalue weighted by Gasteiger charge is 2.27. The fraction of sp³-hybridized carbons (Fsp3) is 0.350. The average Bonchev–Trinajstić information content (AvgIpc) is 2.61. The zero-order valence-corrected chi connectivity index (χ0v) is 13.2. The van der Waals surface area contributed by atoms with Crippen LogP contribution in [0.5, 0.6) is 0 Å². The summed E-state index contributed by atoms with van der Waals surface area (Å²) in [6, 6.07) is 16.9. The molecule has 4 rings (SSSR count). The first-order valence-corrected chi connectivity index (χ1v) is 8.49. The van der Waals surface area contributed by atoms with Crippen LogP contribution in [0.15, 0.2) is 48.5 Å². The molecule has 2 N–H and O–H groups in total. The lowest BCUT2D eigenvalue weighted by atomic mass is 9.87. The van der Waals surface area contributed by atoms with Crippen LogP contribution in [0.25, 0.3) is 0 Å². The summed E-state index contributed by atoms with van der Waals surface area (Å²) in [5.74, 6) is 0.126. The molecule has 0 radical (unpaired) electrons. The van der Waals surface area contributed by atoms with Crippen molar-refractivity contribution in [1.29, 1.82) is 0 Å². The van der Waals surface area contributed by atoms with E-state index in [1.807, 2.05) is 0 Å². The molecule has 0 aromatic heterocycles. The Labute approximate surface area is 137 Å². The van der Waals surface area contributed by atoms with E-state index in [0.29, 0.717) is 0 Å². The minimum Gasteiger partial charge on any atom is -0.348 e. The summed E-state index contributed by atoms with van der Waals surface area (Å²) in [5.41, 5.74) is 5.27. The van der Waals surface area contributed by atoms with Crippen LogP contribution in [-0.4, -0.2) is 11.9 Å². The summed E-state index contributed by atoms with van der Waals surface area (Å²) >= 11 is 0. The van der Waals surface area contributed by atoms with Crippen LogP contribution >= 0.6 is 0 Å². The maximum Gasteiger partial charge on any atom is 0.237 e. The fourth-order valence-corrected chi connectivity index (χ4v) is 3.82. The van der Waals surface area contributed by atoms with Crippen LogP contribution in [0, 0.1) is 0 Å². The van der Waals surface area contributed by atoms with Gasteiger partial charge in [-0.15, -0.1) is 0 Å². The maximum absolute atomic E-state index is 12.7. The molecule has 118 valence electrons. The van der Waals surface area contributed by atoms with Crippen LogP contribution in [0.4, 0.5) is 0 Å². The van der Waals surface area contributed by atoms with Gasteiger partial charge in [0.25, 0.3) is 0 Å². The van der Waals surface area contributed by atoms with Gasteiger partial charge in [-0.2, -0.15) is 0 Å². The van der Waals surface area contributed by atoms with Crippen molar-refractivity contribution < 1.29 is 4.79 Å². The van der Waals surface area contributed by atoms with Crippen molar-refractivity contribution in [3.05, 3.63) is 70.8 Å². The molecule has 2 aliphatic rings. The number of hydrogen-bond donors (Lipinski definition) is 2. The first-order chi connectivity index (χ1) is 11.3.